The molecule has 2 N–H and O–H groups in total. The van der Waals surface area contributed by atoms with Crippen molar-refractivity contribution >= 4 is 10.0 Å². The molecule has 0 amide bonds. The molecule has 1 aliphatic heterocycles. The Morgan fingerprint density at radius 2 is 2.22 bits per heavy atom. The second kappa shape index (κ2) is 5.33. The van der Waals surface area contributed by atoms with Gasteiger partial charge in [0.1, 0.15) is 10.6 Å². The summed E-state index contributed by atoms with van der Waals surface area (Å²) in [6.45, 7) is 0.500. The van der Waals surface area contributed by atoms with Crippen LogP contribution in [0.4, 0.5) is 0 Å². The Hall–Kier alpha value is -1.90. The van der Waals surface area contributed by atoms with E-state index in [0.717, 1.165) is 12.0 Å². The first kappa shape index (κ1) is 14.7. The summed E-state index contributed by atoms with van der Waals surface area (Å²) >= 11 is 0. The fourth-order valence-electron chi connectivity index (χ4n) is 3.21. The Bertz CT molecular complexity index is 819. The number of sulfonamides is 1. The van der Waals surface area contributed by atoms with Gasteiger partial charge in [0.2, 0.25) is 10.0 Å². The fraction of sp³-hybridized carbons (Fsp3) is 0.400. The molecule has 3 atom stereocenters. The quantitative estimate of drug-likeness (QED) is 0.847. The zero-order chi connectivity index (χ0) is 16.0. The standard InChI is InChI=1S/C15H17N3O4S/c19-12-9-11(14(12)18-7-2-6-16-18)17-23(20,21)13-4-1-3-10-5-8-22-15(10)13/h1-4,6-7,11-12,14,17,19H,5,8-9H2/t11-,12+,14+/m0/s1. The van der Waals surface area contributed by atoms with Crippen molar-refractivity contribution in [1.82, 2.24) is 14.5 Å². The predicted octanol–water partition coefficient (Wildman–Crippen LogP) is 0.471. The zero-order valence-corrected chi connectivity index (χ0v) is 13.1. The van der Waals surface area contributed by atoms with Gasteiger partial charge in [0.25, 0.3) is 0 Å². The number of aliphatic hydroxyl groups excluding tert-OH is 1. The van der Waals surface area contributed by atoms with Gasteiger partial charge in [-0.25, -0.2) is 13.1 Å². The third-order valence-corrected chi connectivity index (χ3v) is 5.92. The number of fused-ring (bicyclic) bond motifs is 1. The lowest BCUT2D eigenvalue weighted by atomic mass is 9.84. The van der Waals surface area contributed by atoms with E-state index in [2.05, 4.69) is 9.82 Å². The van der Waals surface area contributed by atoms with E-state index in [1.54, 1.807) is 35.3 Å². The topological polar surface area (TPSA) is 93.5 Å². The third kappa shape index (κ3) is 2.43. The van der Waals surface area contributed by atoms with Crippen LogP contribution in [0.2, 0.25) is 0 Å². The molecule has 8 heteroatoms. The van der Waals surface area contributed by atoms with Gasteiger partial charge in [0.15, 0.2) is 0 Å². The van der Waals surface area contributed by atoms with Crippen molar-refractivity contribution < 1.29 is 18.3 Å². The Kier molecular flexibility index (Phi) is 3.40. The molecule has 0 radical (unpaired) electrons. The Morgan fingerprint density at radius 1 is 1.35 bits per heavy atom. The number of nitrogens with one attached hydrogen (secondary N) is 1. The molecule has 0 unspecified atom stereocenters. The van der Waals surface area contributed by atoms with Crippen LogP contribution in [0.3, 0.4) is 0 Å². The van der Waals surface area contributed by atoms with Crippen LogP contribution in [0.25, 0.3) is 0 Å². The van der Waals surface area contributed by atoms with Crippen LogP contribution in [0.15, 0.2) is 41.6 Å². The van der Waals surface area contributed by atoms with Gasteiger partial charge in [0, 0.05) is 24.9 Å². The summed E-state index contributed by atoms with van der Waals surface area (Å²) in [5, 5.41) is 14.0. The highest BCUT2D eigenvalue weighted by Crippen LogP contribution is 2.36. The number of aliphatic hydroxyl groups is 1. The van der Waals surface area contributed by atoms with E-state index in [1.165, 1.54) is 0 Å². The number of ether oxygens (including phenoxy) is 1. The van der Waals surface area contributed by atoms with Gasteiger partial charge in [-0.05, 0) is 24.1 Å². The minimum absolute atomic E-state index is 0.160. The van der Waals surface area contributed by atoms with E-state index in [0.29, 0.717) is 18.8 Å². The van der Waals surface area contributed by atoms with E-state index < -0.39 is 28.2 Å². The van der Waals surface area contributed by atoms with Crippen LogP contribution in [0.5, 0.6) is 5.75 Å². The first-order chi connectivity index (χ1) is 11.1. The maximum absolute atomic E-state index is 12.7. The molecule has 2 aromatic rings. The second-order valence-corrected chi connectivity index (χ2v) is 7.53. The van der Waals surface area contributed by atoms with Gasteiger partial charge < -0.3 is 9.84 Å². The van der Waals surface area contributed by atoms with Crippen molar-refractivity contribution in [3.8, 4) is 5.75 Å². The molecule has 2 heterocycles. The number of hydrogen-bond acceptors (Lipinski definition) is 5. The molecular formula is C15H17N3O4S. The van der Waals surface area contributed by atoms with E-state index >= 15 is 0 Å². The van der Waals surface area contributed by atoms with E-state index in [1.807, 2.05) is 6.07 Å². The minimum atomic E-state index is -3.72. The van der Waals surface area contributed by atoms with Crippen molar-refractivity contribution in [2.24, 2.45) is 0 Å². The predicted molar refractivity (Wildman–Crippen MR) is 81.6 cm³/mol. The summed E-state index contributed by atoms with van der Waals surface area (Å²) in [4.78, 5) is 0.160. The third-order valence-electron chi connectivity index (χ3n) is 4.41. The number of rotatable bonds is 4. The summed E-state index contributed by atoms with van der Waals surface area (Å²) in [5.41, 5.74) is 0.908. The zero-order valence-electron chi connectivity index (χ0n) is 12.3. The van der Waals surface area contributed by atoms with Crippen molar-refractivity contribution in [3.05, 3.63) is 42.2 Å². The molecule has 1 saturated carbocycles. The van der Waals surface area contributed by atoms with Crippen LogP contribution < -0.4 is 9.46 Å². The second-order valence-electron chi connectivity index (χ2n) is 5.85. The average molecular weight is 335 g/mol. The van der Waals surface area contributed by atoms with Crippen molar-refractivity contribution in [2.45, 2.75) is 35.9 Å². The van der Waals surface area contributed by atoms with Gasteiger partial charge in [0.05, 0.1) is 18.8 Å². The lowest BCUT2D eigenvalue weighted by molar-refractivity contribution is 0.000533. The highest BCUT2D eigenvalue weighted by Gasteiger charge is 2.44. The van der Waals surface area contributed by atoms with Gasteiger partial charge in [-0.15, -0.1) is 0 Å². The highest BCUT2D eigenvalue weighted by molar-refractivity contribution is 7.89. The van der Waals surface area contributed by atoms with Crippen LogP contribution in [-0.4, -0.2) is 42.1 Å². The molecule has 4 rings (SSSR count). The smallest absolute Gasteiger partial charge is 0.244 e. The monoisotopic (exact) mass is 335 g/mol. The fourth-order valence-corrected chi connectivity index (χ4v) is 4.66. The molecule has 122 valence electrons. The molecule has 1 fully saturated rings. The van der Waals surface area contributed by atoms with Gasteiger partial charge in [-0.1, -0.05) is 12.1 Å². The summed E-state index contributed by atoms with van der Waals surface area (Å²) in [7, 11) is -3.72. The lowest BCUT2D eigenvalue weighted by Crippen LogP contribution is -2.56. The molecule has 1 aliphatic carbocycles. The Labute approximate surface area is 133 Å². The molecular weight excluding hydrogens is 318 g/mol. The Morgan fingerprint density at radius 3 is 2.96 bits per heavy atom. The summed E-state index contributed by atoms with van der Waals surface area (Å²) in [5.74, 6) is 0.440. The first-order valence-electron chi connectivity index (χ1n) is 7.50. The number of para-hydroxylation sites is 1. The molecule has 0 bridgehead atoms. The summed E-state index contributed by atoms with van der Waals surface area (Å²) in [6, 6.07) is 6.10. The average Bonchev–Trinajstić information content (AvgIpc) is 3.16. The largest absolute Gasteiger partial charge is 0.492 e. The molecule has 2 aliphatic rings. The van der Waals surface area contributed by atoms with E-state index in [-0.39, 0.29) is 4.90 Å². The van der Waals surface area contributed by atoms with Crippen molar-refractivity contribution in [1.29, 1.82) is 0 Å². The van der Waals surface area contributed by atoms with Crippen molar-refractivity contribution in [2.75, 3.05) is 6.61 Å². The van der Waals surface area contributed by atoms with Crippen molar-refractivity contribution in [3.63, 3.8) is 0 Å². The summed E-state index contributed by atoms with van der Waals surface area (Å²) in [6.07, 6.45) is 3.79. The maximum atomic E-state index is 12.7. The minimum Gasteiger partial charge on any atom is -0.492 e. The van der Waals surface area contributed by atoms with Crippen LogP contribution in [0, 0.1) is 0 Å². The van der Waals surface area contributed by atoms with Crippen LogP contribution in [0.1, 0.15) is 18.0 Å². The number of nitrogens with zero attached hydrogens (tertiary/aromatic N) is 2. The SMILES string of the molecule is O=S(=O)(N[C@H]1C[C@@H](O)[C@@H]1n1cccn1)c1cccc2c1OCC2. The van der Waals surface area contributed by atoms with Gasteiger partial charge in [-0.2, -0.15) is 5.10 Å². The molecule has 1 aromatic carbocycles. The summed E-state index contributed by atoms with van der Waals surface area (Å²) < 4.78 is 35.2. The molecule has 7 nitrogen and oxygen atoms in total. The molecule has 23 heavy (non-hydrogen) atoms. The van der Waals surface area contributed by atoms with Gasteiger partial charge >= 0.3 is 0 Å². The molecule has 0 saturated heterocycles. The molecule has 0 spiro atoms. The normalized spacial score (nSPS) is 26.4. The molecule has 1 aromatic heterocycles. The van der Waals surface area contributed by atoms with E-state index in [4.69, 9.17) is 4.74 Å². The number of hydrogen-bond donors (Lipinski definition) is 2. The highest BCUT2D eigenvalue weighted by atomic mass is 32.2. The number of benzene rings is 1. The Balaban J connectivity index is 1.60. The van der Waals surface area contributed by atoms with E-state index in [9.17, 15) is 13.5 Å². The maximum Gasteiger partial charge on any atom is 0.244 e. The lowest BCUT2D eigenvalue weighted by Gasteiger charge is -2.41. The van der Waals surface area contributed by atoms with Crippen LogP contribution >= 0.6 is 0 Å². The van der Waals surface area contributed by atoms with Gasteiger partial charge in [-0.3, -0.25) is 4.68 Å². The number of aromatic nitrogens is 2. The van der Waals surface area contributed by atoms with Crippen LogP contribution in [-0.2, 0) is 16.4 Å². The first-order valence-corrected chi connectivity index (χ1v) is 8.99.